The first kappa shape index (κ1) is 18.2. The summed E-state index contributed by atoms with van der Waals surface area (Å²) < 4.78 is 5.32. The molecule has 6 heteroatoms. The minimum Gasteiger partial charge on any atom is -0.494 e. The van der Waals surface area contributed by atoms with Crippen molar-refractivity contribution in [1.82, 2.24) is 0 Å². The van der Waals surface area contributed by atoms with Crippen LogP contribution in [0.25, 0.3) is 0 Å². The second kappa shape index (κ2) is 8.63. The number of Topliss-reactive ketones (excluding diaryl/α,β-unsaturated/α-hetero) is 1. The minimum absolute atomic E-state index is 0.0130. The first-order valence-corrected chi connectivity index (χ1v) is 7.96. The maximum absolute atomic E-state index is 12.2. The first-order chi connectivity index (χ1) is 12.0. The zero-order chi connectivity index (χ0) is 18.2. The second-order valence-corrected chi connectivity index (χ2v) is 5.34. The van der Waals surface area contributed by atoms with Gasteiger partial charge in [-0.15, -0.1) is 0 Å². The molecule has 0 heterocycles. The van der Waals surface area contributed by atoms with Crippen LogP contribution in [-0.2, 0) is 4.79 Å². The van der Waals surface area contributed by atoms with Crippen LogP contribution in [0.3, 0.4) is 0 Å². The van der Waals surface area contributed by atoms with Gasteiger partial charge in [0.15, 0.2) is 5.78 Å². The standard InChI is InChI=1S/C19H20N2O4/c1-2-25-14-9-7-13(8-10-14)17(22)11-12-18(23)21-16-6-4-3-5-15(16)19(20)24/h3-10H,2,11-12H2,1H3,(H2,20,24)(H,21,23). The van der Waals surface area contributed by atoms with E-state index in [0.717, 1.165) is 0 Å². The van der Waals surface area contributed by atoms with E-state index in [1.165, 1.54) is 6.07 Å². The van der Waals surface area contributed by atoms with Gasteiger partial charge in [-0.25, -0.2) is 0 Å². The number of nitrogens with one attached hydrogen (secondary N) is 1. The van der Waals surface area contributed by atoms with Crippen LogP contribution in [0.2, 0.25) is 0 Å². The summed E-state index contributed by atoms with van der Waals surface area (Å²) in [5.41, 5.74) is 6.36. The van der Waals surface area contributed by atoms with E-state index in [1.807, 2.05) is 6.92 Å². The lowest BCUT2D eigenvalue weighted by Crippen LogP contribution is -2.18. The van der Waals surface area contributed by atoms with E-state index in [9.17, 15) is 14.4 Å². The lowest BCUT2D eigenvalue weighted by Gasteiger charge is -2.08. The Bertz CT molecular complexity index is 769. The Labute approximate surface area is 146 Å². The van der Waals surface area contributed by atoms with Crippen molar-refractivity contribution in [3.05, 3.63) is 59.7 Å². The predicted molar refractivity (Wildman–Crippen MR) is 94.8 cm³/mol. The number of ether oxygens (including phenoxy) is 1. The van der Waals surface area contributed by atoms with Crippen LogP contribution in [0, 0.1) is 0 Å². The summed E-state index contributed by atoms with van der Waals surface area (Å²) in [4.78, 5) is 35.5. The van der Waals surface area contributed by atoms with E-state index in [1.54, 1.807) is 42.5 Å². The molecule has 0 atom stereocenters. The van der Waals surface area contributed by atoms with Gasteiger partial charge < -0.3 is 15.8 Å². The van der Waals surface area contributed by atoms with Crippen molar-refractivity contribution in [3.63, 3.8) is 0 Å². The molecule has 0 bridgehead atoms. The number of primary amides is 1. The van der Waals surface area contributed by atoms with Gasteiger partial charge in [0.2, 0.25) is 5.91 Å². The van der Waals surface area contributed by atoms with E-state index < -0.39 is 5.91 Å². The average Bonchev–Trinajstić information content (AvgIpc) is 2.61. The molecule has 0 unspecified atom stereocenters. The van der Waals surface area contributed by atoms with Crippen LogP contribution < -0.4 is 15.8 Å². The maximum atomic E-state index is 12.2. The molecule has 2 amide bonds. The number of nitrogens with two attached hydrogens (primary N) is 1. The highest BCUT2D eigenvalue weighted by Crippen LogP contribution is 2.16. The molecular formula is C19H20N2O4. The fourth-order valence-electron chi connectivity index (χ4n) is 2.29. The number of carbonyl (C=O) groups excluding carboxylic acids is 3. The van der Waals surface area contributed by atoms with E-state index in [-0.39, 0.29) is 30.1 Å². The van der Waals surface area contributed by atoms with Gasteiger partial charge in [0, 0.05) is 18.4 Å². The molecule has 2 aromatic carbocycles. The van der Waals surface area contributed by atoms with Crippen molar-refractivity contribution in [2.45, 2.75) is 19.8 Å². The highest BCUT2D eigenvalue weighted by Gasteiger charge is 2.13. The molecule has 25 heavy (non-hydrogen) atoms. The quantitative estimate of drug-likeness (QED) is 0.722. The second-order valence-electron chi connectivity index (χ2n) is 5.34. The van der Waals surface area contributed by atoms with Gasteiger partial charge in [0.1, 0.15) is 5.75 Å². The molecule has 2 aromatic rings. The fourth-order valence-corrected chi connectivity index (χ4v) is 2.29. The molecule has 3 N–H and O–H groups in total. The van der Waals surface area contributed by atoms with Gasteiger partial charge in [-0.3, -0.25) is 14.4 Å². The number of anilines is 1. The summed E-state index contributed by atoms with van der Waals surface area (Å²) in [6.07, 6.45) is 0.0810. The molecule has 0 saturated heterocycles. The monoisotopic (exact) mass is 340 g/mol. The molecule has 6 nitrogen and oxygen atoms in total. The molecule has 0 saturated carbocycles. The van der Waals surface area contributed by atoms with Crippen molar-refractivity contribution < 1.29 is 19.1 Å². The third-order valence-corrected chi connectivity index (χ3v) is 3.53. The number of rotatable bonds is 8. The summed E-state index contributed by atoms with van der Waals surface area (Å²) in [7, 11) is 0. The molecule has 0 aliphatic rings. The van der Waals surface area contributed by atoms with Crippen LogP contribution >= 0.6 is 0 Å². The molecular weight excluding hydrogens is 320 g/mol. The number of hydrogen-bond donors (Lipinski definition) is 2. The lowest BCUT2D eigenvalue weighted by atomic mass is 10.1. The van der Waals surface area contributed by atoms with E-state index >= 15 is 0 Å². The average molecular weight is 340 g/mol. The Balaban J connectivity index is 1.91. The van der Waals surface area contributed by atoms with Gasteiger partial charge in [-0.2, -0.15) is 0 Å². The van der Waals surface area contributed by atoms with Crippen LogP contribution in [0.15, 0.2) is 48.5 Å². The number of para-hydroxylation sites is 1. The molecule has 130 valence electrons. The van der Waals surface area contributed by atoms with Gasteiger partial charge in [-0.1, -0.05) is 12.1 Å². The highest BCUT2D eigenvalue weighted by molar-refractivity contribution is 6.04. The van der Waals surface area contributed by atoms with E-state index in [4.69, 9.17) is 10.5 Å². The molecule has 0 aliphatic heterocycles. The Kier molecular flexibility index (Phi) is 6.28. The van der Waals surface area contributed by atoms with Gasteiger partial charge >= 0.3 is 0 Å². The third-order valence-electron chi connectivity index (χ3n) is 3.53. The number of carbonyl (C=O) groups is 3. The summed E-state index contributed by atoms with van der Waals surface area (Å²) >= 11 is 0. The largest absolute Gasteiger partial charge is 0.494 e. The van der Waals surface area contributed by atoms with Crippen LogP contribution in [-0.4, -0.2) is 24.2 Å². The Morgan fingerprint density at radius 2 is 1.68 bits per heavy atom. The fraction of sp³-hybridized carbons (Fsp3) is 0.211. The maximum Gasteiger partial charge on any atom is 0.250 e. The van der Waals surface area contributed by atoms with E-state index in [0.29, 0.717) is 23.6 Å². The number of amides is 2. The zero-order valence-corrected chi connectivity index (χ0v) is 14.0. The lowest BCUT2D eigenvalue weighted by molar-refractivity contribution is -0.116. The summed E-state index contributed by atoms with van der Waals surface area (Å²) in [5.74, 6) is -0.421. The Morgan fingerprint density at radius 1 is 1.00 bits per heavy atom. The number of ketones is 1. The predicted octanol–water partition coefficient (Wildman–Crippen LogP) is 2.79. The Hall–Kier alpha value is -3.15. The highest BCUT2D eigenvalue weighted by atomic mass is 16.5. The van der Waals surface area contributed by atoms with Gasteiger partial charge in [0.05, 0.1) is 17.9 Å². The smallest absolute Gasteiger partial charge is 0.250 e. The van der Waals surface area contributed by atoms with Crippen LogP contribution in [0.1, 0.15) is 40.5 Å². The number of benzene rings is 2. The normalized spacial score (nSPS) is 10.1. The molecule has 0 spiro atoms. The van der Waals surface area contributed by atoms with E-state index in [2.05, 4.69) is 5.32 Å². The molecule has 0 aromatic heterocycles. The minimum atomic E-state index is -0.624. The molecule has 0 radical (unpaired) electrons. The summed E-state index contributed by atoms with van der Waals surface area (Å²) in [6.45, 7) is 2.44. The van der Waals surface area contributed by atoms with Gasteiger partial charge in [-0.05, 0) is 43.3 Å². The summed E-state index contributed by atoms with van der Waals surface area (Å²) in [6, 6.07) is 13.3. The van der Waals surface area contributed by atoms with Crippen molar-refractivity contribution in [2.24, 2.45) is 5.73 Å². The third kappa shape index (κ3) is 5.17. The first-order valence-electron chi connectivity index (χ1n) is 7.96. The van der Waals surface area contributed by atoms with Crippen molar-refractivity contribution in [1.29, 1.82) is 0 Å². The molecule has 0 aliphatic carbocycles. The topological polar surface area (TPSA) is 98.5 Å². The Morgan fingerprint density at radius 3 is 2.32 bits per heavy atom. The zero-order valence-electron chi connectivity index (χ0n) is 14.0. The van der Waals surface area contributed by atoms with Gasteiger partial charge in [0.25, 0.3) is 5.91 Å². The van der Waals surface area contributed by atoms with Crippen LogP contribution in [0.4, 0.5) is 5.69 Å². The van der Waals surface area contributed by atoms with Crippen molar-refractivity contribution in [3.8, 4) is 5.75 Å². The SMILES string of the molecule is CCOc1ccc(C(=O)CCC(=O)Nc2ccccc2C(N)=O)cc1. The molecule has 2 rings (SSSR count). The van der Waals surface area contributed by atoms with Crippen molar-refractivity contribution >= 4 is 23.3 Å². The van der Waals surface area contributed by atoms with Crippen molar-refractivity contribution in [2.75, 3.05) is 11.9 Å². The summed E-state index contributed by atoms with van der Waals surface area (Å²) in [5, 5.41) is 2.61. The number of hydrogen-bond acceptors (Lipinski definition) is 4. The molecule has 0 fully saturated rings. The van der Waals surface area contributed by atoms with Crippen LogP contribution in [0.5, 0.6) is 5.75 Å².